The Morgan fingerprint density at radius 2 is 2.14 bits per heavy atom. The molecule has 0 spiro atoms. The third kappa shape index (κ3) is 4.43. The molecule has 112 valence electrons. The topological polar surface area (TPSA) is 71.2 Å². The van der Waals surface area contributed by atoms with Gasteiger partial charge in [-0.05, 0) is 30.4 Å². The van der Waals surface area contributed by atoms with E-state index in [0.29, 0.717) is 31.6 Å². The lowest BCUT2D eigenvalue weighted by Crippen LogP contribution is -2.26. The van der Waals surface area contributed by atoms with E-state index < -0.39 is 0 Å². The van der Waals surface area contributed by atoms with Gasteiger partial charge in [-0.15, -0.1) is 0 Å². The van der Waals surface area contributed by atoms with Crippen molar-refractivity contribution in [1.82, 2.24) is 10.3 Å². The van der Waals surface area contributed by atoms with E-state index in [2.05, 4.69) is 10.3 Å². The van der Waals surface area contributed by atoms with E-state index in [4.69, 9.17) is 4.74 Å². The van der Waals surface area contributed by atoms with E-state index in [1.165, 1.54) is 0 Å². The van der Waals surface area contributed by atoms with Crippen molar-refractivity contribution in [1.29, 1.82) is 0 Å². The predicted molar refractivity (Wildman–Crippen MR) is 82.4 cm³/mol. The molecule has 5 nitrogen and oxygen atoms in total. The number of aromatic amines is 1. The van der Waals surface area contributed by atoms with E-state index >= 15 is 0 Å². The smallest absolute Gasteiger partial charge is 0.251 e. The molecule has 21 heavy (non-hydrogen) atoms. The molecular weight excluding hydrogens is 268 g/mol. The summed E-state index contributed by atoms with van der Waals surface area (Å²) >= 11 is 0. The third-order valence-electron chi connectivity index (χ3n) is 3.30. The molecule has 5 heteroatoms. The zero-order valence-electron chi connectivity index (χ0n) is 12.1. The summed E-state index contributed by atoms with van der Waals surface area (Å²) in [5, 5.41) is 3.79. The quantitative estimate of drug-likeness (QED) is 0.760. The second-order valence-electron chi connectivity index (χ2n) is 4.91. The van der Waals surface area contributed by atoms with Gasteiger partial charge in [0.05, 0.1) is 0 Å². The summed E-state index contributed by atoms with van der Waals surface area (Å²) in [6.45, 7) is 1.23. The standard InChI is InChI=1S/C16H20N2O3/c1-21-10-4-9-17-15(19)8-7-13-11-12-5-2-3-6-14(12)18-16(13)20/h2-3,5-6,11H,4,7-10H2,1H3,(H,17,19)(H,18,20). The van der Waals surface area contributed by atoms with Gasteiger partial charge >= 0.3 is 0 Å². The molecule has 0 radical (unpaired) electrons. The average Bonchev–Trinajstić information content (AvgIpc) is 2.49. The van der Waals surface area contributed by atoms with Gasteiger partial charge in [-0.1, -0.05) is 18.2 Å². The van der Waals surface area contributed by atoms with E-state index in [-0.39, 0.29) is 11.5 Å². The second-order valence-corrected chi connectivity index (χ2v) is 4.91. The maximum Gasteiger partial charge on any atom is 0.251 e. The molecule has 1 aromatic carbocycles. The van der Waals surface area contributed by atoms with Crippen LogP contribution in [-0.2, 0) is 16.0 Å². The molecule has 0 atom stereocenters. The van der Waals surface area contributed by atoms with Crippen molar-refractivity contribution in [3.05, 3.63) is 46.2 Å². The maximum absolute atomic E-state index is 11.9. The maximum atomic E-state index is 11.9. The van der Waals surface area contributed by atoms with Crippen LogP contribution in [0, 0.1) is 0 Å². The van der Waals surface area contributed by atoms with E-state index in [1.54, 1.807) is 7.11 Å². The van der Waals surface area contributed by atoms with Crippen molar-refractivity contribution in [2.45, 2.75) is 19.3 Å². The Morgan fingerprint density at radius 1 is 1.33 bits per heavy atom. The first-order chi connectivity index (χ1) is 10.2. The van der Waals surface area contributed by atoms with Crippen molar-refractivity contribution < 1.29 is 9.53 Å². The Balaban J connectivity index is 1.92. The summed E-state index contributed by atoms with van der Waals surface area (Å²) in [5.74, 6) is -0.0429. The monoisotopic (exact) mass is 288 g/mol. The van der Waals surface area contributed by atoms with Crippen molar-refractivity contribution in [2.24, 2.45) is 0 Å². The first-order valence-electron chi connectivity index (χ1n) is 7.07. The molecule has 2 rings (SSSR count). The summed E-state index contributed by atoms with van der Waals surface area (Å²) in [6.07, 6.45) is 1.55. The van der Waals surface area contributed by atoms with Gasteiger partial charge < -0.3 is 15.0 Å². The van der Waals surface area contributed by atoms with Crippen molar-refractivity contribution in [3.8, 4) is 0 Å². The van der Waals surface area contributed by atoms with Gasteiger partial charge in [0.1, 0.15) is 0 Å². The Bertz CT molecular complexity index is 664. The van der Waals surface area contributed by atoms with Crippen LogP contribution in [-0.4, -0.2) is 31.2 Å². The number of aryl methyl sites for hydroxylation is 1. The minimum absolute atomic E-state index is 0.0429. The van der Waals surface area contributed by atoms with Gasteiger partial charge in [-0.2, -0.15) is 0 Å². The highest BCUT2D eigenvalue weighted by Gasteiger charge is 2.06. The lowest BCUT2D eigenvalue weighted by Gasteiger charge is -2.05. The number of rotatable bonds is 7. The third-order valence-corrected chi connectivity index (χ3v) is 3.30. The predicted octanol–water partition coefficient (Wildman–Crippen LogP) is 1.61. The molecule has 0 saturated carbocycles. The zero-order chi connectivity index (χ0) is 15.1. The minimum atomic E-state index is -0.124. The van der Waals surface area contributed by atoms with Crippen LogP contribution in [0.15, 0.2) is 35.1 Å². The van der Waals surface area contributed by atoms with Gasteiger partial charge in [-0.3, -0.25) is 9.59 Å². The molecule has 0 bridgehead atoms. The number of ether oxygens (including phenoxy) is 1. The van der Waals surface area contributed by atoms with Gasteiger partial charge in [0.25, 0.3) is 5.56 Å². The summed E-state index contributed by atoms with van der Waals surface area (Å²) in [7, 11) is 1.63. The van der Waals surface area contributed by atoms with E-state index in [9.17, 15) is 9.59 Å². The highest BCUT2D eigenvalue weighted by atomic mass is 16.5. The van der Waals surface area contributed by atoms with Crippen LogP contribution >= 0.6 is 0 Å². The van der Waals surface area contributed by atoms with Crippen LogP contribution in [0.25, 0.3) is 10.9 Å². The highest BCUT2D eigenvalue weighted by Crippen LogP contribution is 2.10. The molecule has 2 aromatic rings. The summed E-state index contributed by atoms with van der Waals surface area (Å²) in [4.78, 5) is 26.5. The zero-order valence-corrected chi connectivity index (χ0v) is 12.1. The Kier molecular flexibility index (Phi) is 5.51. The highest BCUT2D eigenvalue weighted by molar-refractivity contribution is 5.79. The normalized spacial score (nSPS) is 10.7. The summed E-state index contributed by atoms with van der Waals surface area (Å²) in [5.41, 5.74) is 1.33. The average molecular weight is 288 g/mol. The molecule has 0 aliphatic rings. The van der Waals surface area contributed by atoms with Crippen LogP contribution in [0.1, 0.15) is 18.4 Å². The lowest BCUT2D eigenvalue weighted by molar-refractivity contribution is -0.121. The second kappa shape index (κ2) is 7.59. The Labute approximate surface area is 123 Å². The number of aromatic nitrogens is 1. The molecule has 1 heterocycles. The molecule has 0 aliphatic carbocycles. The van der Waals surface area contributed by atoms with Gasteiger partial charge in [0.15, 0.2) is 0 Å². The number of H-pyrrole nitrogens is 1. The Hall–Kier alpha value is -2.14. The largest absolute Gasteiger partial charge is 0.385 e. The number of pyridine rings is 1. The number of benzene rings is 1. The van der Waals surface area contributed by atoms with Crippen molar-refractivity contribution >= 4 is 16.8 Å². The van der Waals surface area contributed by atoms with E-state index in [1.807, 2.05) is 30.3 Å². The number of methoxy groups -OCH3 is 1. The molecule has 1 aromatic heterocycles. The first kappa shape index (κ1) is 15.3. The minimum Gasteiger partial charge on any atom is -0.385 e. The fourth-order valence-corrected chi connectivity index (χ4v) is 2.16. The van der Waals surface area contributed by atoms with Gasteiger partial charge in [0.2, 0.25) is 5.91 Å². The van der Waals surface area contributed by atoms with Crippen LogP contribution in [0.5, 0.6) is 0 Å². The van der Waals surface area contributed by atoms with Crippen LogP contribution in [0.4, 0.5) is 0 Å². The molecule has 0 unspecified atom stereocenters. The van der Waals surface area contributed by atoms with Crippen LogP contribution in [0.3, 0.4) is 0 Å². The molecular formula is C16H20N2O3. The van der Waals surface area contributed by atoms with E-state index in [0.717, 1.165) is 17.3 Å². The number of nitrogens with one attached hydrogen (secondary N) is 2. The molecule has 0 aliphatic heterocycles. The molecule has 0 fully saturated rings. The fourth-order valence-electron chi connectivity index (χ4n) is 2.16. The number of carbonyl (C=O) groups is 1. The number of carbonyl (C=O) groups excluding carboxylic acids is 1. The molecule has 0 saturated heterocycles. The molecule has 1 amide bonds. The van der Waals surface area contributed by atoms with Crippen molar-refractivity contribution in [2.75, 3.05) is 20.3 Å². The van der Waals surface area contributed by atoms with Crippen LogP contribution < -0.4 is 10.9 Å². The SMILES string of the molecule is COCCCNC(=O)CCc1cc2ccccc2[nH]c1=O. The summed E-state index contributed by atoms with van der Waals surface area (Å²) in [6, 6.07) is 9.47. The number of hydrogen-bond donors (Lipinski definition) is 2. The van der Waals surface area contributed by atoms with Gasteiger partial charge in [0, 0.05) is 37.8 Å². The number of amides is 1. The van der Waals surface area contributed by atoms with Crippen LogP contribution in [0.2, 0.25) is 0 Å². The van der Waals surface area contributed by atoms with Gasteiger partial charge in [-0.25, -0.2) is 0 Å². The number of hydrogen-bond acceptors (Lipinski definition) is 3. The number of fused-ring (bicyclic) bond motifs is 1. The Morgan fingerprint density at radius 3 is 2.95 bits per heavy atom. The lowest BCUT2D eigenvalue weighted by atomic mass is 10.1. The van der Waals surface area contributed by atoms with Crippen molar-refractivity contribution in [3.63, 3.8) is 0 Å². The first-order valence-corrected chi connectivity index (χ1v) is 7.07. The summed E-state index contributed by atoms with van der Waals surface area (Å²) < 4.78 is 4.91. The fraction of sp³-hybridized carbons (Fsp3) is 0.375. The number of para-hydroxylation sites is 1. The molecule has 2 N–H and O–H groups in total.